The van der Waals surface area contributed by atoms with E-state index in [1.807, 2.05) is 13.8 Å². The molecule has 1 saturated heterocycles. The van der Waals surface area contributed by atoms with Crippen LogP contribution in [-0.4, -0.2) is 35.8 Å². The standard InChI is InChI=1S/C13H18FNO2/c1-9-8-15(5-6-17-9)10(2)12-7-11(14)3-4-13(12)16/h3-4,7,9-10,16H,5-6,8H2,1-2H3. The molecule has 0 aromatic heterocycles. The maximum absolute atomic E-state index is 13.2. The molecule has 1 aliphatic rings. The van der Waals surface area contributed by atoms with Gasteiger partial charge in [-0.1, -0.05) is 0 Å². The molecule has 1 heterocycles. The van der Waals surface area contributed by atoms with Crippen LogP contribution in [0.3, 0.4) is 0 Å². The van der Waals surface area contributed by atoms with Gasteiger partial charge in [-0.05, 0) is 32.0 Å². The van der Waals surface area contributed by atoms with Gasteiger partial charge in [0.25, 0.3) is 0 Å². The van der Waals surface area contributed by atoms with Gasteiger partial charge >= 0.3 is 0 Å². The molecule has 0 bridgehead atoms. The van der Waals surface area contributed by atoms with Gasteiger partial charge < -0.3 is 9.84 Å². The molecule has 1 aromatic rings. The van der Waals surface area contributed by atoms with E-state index < -0.39 is 0 Å². The Hall–Kier alpha value is -1.13. The molecular weight excluding hydrogens is 221 g/mol. The summed E-state index contributed by atoms with van der Waals surface area (Å²) in [6.45, 7) is 6.29. The summed E-state index contributed by atoms with van der Waals surface area (Å²) in [6, 6.07) is 4.08. The van der Waals surface area contributed by atoms with E-state index in [-0.39, 0.29) is 23.7 Å². The zero-order valence-electron chi connectivity index (χ0n) is 10.2. The Bertz CT molecular complexity index is 397. The number of halogens is 1. The molecule has 4 heteroatoms. The minimum absolute atomic E-state index is 0.00273. The summed E-state index contributed by atoms with van der Waals surface area (Å²) in [7, 11) is 0. The molecule has 1 aliphatic heterocycles. The van der Waals surface area contributed by atoms with E-state index in [0.717, 1.165) is 13.1 Å². The molecule has 1 N–H and O–H groups in total. The van der Waals surface area contributed by atoms with Gasteiger partial charge in [0.05, 0.1) is 12.7 Å². The van der Waals surface area contributed by atoms with Crippen LogP contribution in [0.1, 0.15) is 25.5 Å². The number of morpholine rings is 1. The maximum Gasteiger partial charge on any atom is 0.123 e. The summed E-state index contributed by atoms with van der Waals surface area (Å²) in [4.78, 5) is 2.20. The average molecular weight is 239 g/mol. The fraction of sp³-hybridized carbons (Fsp3) is 0.538. The molecule has 2 unspecified atom stereocenters. The zero-order valence-corrected chi connectivity index (χ0v) is 10.2. The van der Waals surface area contributed by atoms with Gasteiger partial charge in [-0.3, -0.25) is 4.90 Å². The van der Waals surface area contributed by atoms with Crippen molar-refractivity contribution < 1.29 is 14.2 Å². The minimum atomic E-state index is -0.314. The van der Waals surface area contributed by atoms with Crippen molar-refractivity contribution in [3.63, 3.8) is 0 Å². The van der Waals surface area contributed by atoms with E-state index >= 15 is 0 Å². The van der Waals surface area contributed by atoms with Gasteiger partial charge in [0.1, 0.15) is 11.6 Å². The molecule has 1 aromatic carbocycles. The number of phenolic OH excluding ortho intramolecular Hbond substituents is 1. The highest BCUT2D eigenvalue weighted by Crippen LogP contribution is 2.29. The highest BCUT2D eigenvalue weighted by molar-refractivity contribution is 5.35. The highest BCUT2D eigenvalue weighted by atomic mass is 19.1. The predicted octanol–water partition coefficient (Wildman–Crippen LogP) is 2.31. The van der Waals surface area contributed by atoms with Gasteiger partial charge in [-0.2, -0.15) is 0 Å². The number of benzene rings is 1. The Balaban J connectivity index is 2.18. The summed E-state index contributed by atoms with van der Waals surface area (Å²) in [5.74, 6) is -0.163. The second-order valence-electron chi connectivity index (χ2n) is 4.56. The van der Waals surface area contributed by atoms with Crippen molar-refractivity contribution in [2.75, 3.05) is 19.7 Å². The highest BCUT2D eigenvalue weighted by Gasteiger charge is 2.24. The van der Waals surface area contributed by atoms with Crippen LogP contribution in [0.25, 0.3) is 0 Å². The van der Waals surface area contributed by atoms with Crippen LogP contribution in [0.2, 0.25) is 0 Å². The Labute approximate surface area is 101 Å². The number of hydrogen-bond acceptors (Lipinski definition) is 3. The second kappa shape index (κ2) is 5.02. The van der Waals surface area contributed by atoms with E-state index in [0.29, 0.717) is 12.2 Å². The summed E-state index contributed by atoms with van der Waals surface area (Å²) in [5, 5.41) is 9.78. The number of phenols is 1. The largest absolute Gasteiger partial charge is 0.508 e. The molecule has 0 radical (unpaired) electrons. The summed E-state index contributed by atoms with van der Waals surface area (Å²) >= 11 is 0. The van der Waals surface area contributed by atoms with Gasteiger partial charge in [0.15, 0.2) is 0 Å². The Morgan fingerprint density at radius 3 is 3.00 bits per heavy atom. The number of nitrogens with zero attached hydrogens (tertiary/aromatic N) is 1. The molecule has 1 fully saturated rings. The fourth-order valence-corrected chi connectivity index (χ4v) is 2.25. The van der Waals surface area contributed by atoms with Crippen molar-refractivity contribution in [1.82, 2.24) is 4.90 Å². The van der Waals surface area contributed by atoms with Crippen LogP contribution < -0.4 is 0 Å². The van der Waals surface area contributed by atoms with Crippen LogP contribution >= 0.6 is 0 Å². The second-order valence-corrected chi connectivity index (χ2v) is 4.56. The number of ether oxygens (including phenoxy) is 1. The topological polar surface area (TPSA) is 32.7 Å². The third-order valence-electron chi connectivity index (χ3n) is 3.26. The molecule has 3 nitrogen and oxygen atoms in total. The summed E-state index contributed by atoms with van der Waals surface area (Å²) in [5.41, 5.74) is 0.638. The molecule has 0 saturated carbocycles. The Morgan fingerprint density at radius 1 is 1.53 bits per heavy atom. The molecule has 2 rings (SSSR count). The SMILES string of the molecule is CC1CN(C(C)c2cc(F)ccc2O)CCO1. The van der Waals surface area contributed by atoms with Crippen molar-refractivity contribution in [3.8, 4) is 5.75 Å². The monoisotopic (exact) mass is 239 g/mol. The zero-order chi connectivity index (χ0) is 12.4. The van der Waals surface area contributed by atoms with E-state index in [4.69, 9.17) is 4.74 Å². The third kappa shape index (κ3) is 2.76. The van der Waals surface area contributed by atoms with Gasteiger partial charge in [0.2, 0.25) is 0 Å². The van der Waals surface area contributed by atoms with Crippen molar-refractivity contribution in [1.29, 1.82) is 0 Å². The summed E-state index contributed by atoms with van der Waals surface area (Å²) < 4.78 is 18.7. The maximum atomic E-state index is 13.2. The van der Waals surface area contributed by atoms with E-state index in [9.17, 15) is 9.50 Å². The minimum Gasteiger partial charge on any atom is -0.508 e. The van der Waals surface area contributed by atoms with Crippen molar-refractivity contribution in [2.45, 2.75) is 26.0 Å². The first-order chi connectivity index (χ1) is 8.08. The van der Waals surface area contributed by atoms with Gasteiger partial charge in [0, 0.05) is 24.7 Å². The van der Waals surface area contributed by atoms with Gasteiger partial charge in [-0.15, -0.1) is 0 Å². The lowest BCUT2D eigenvalue weighted by Crippen LogP contribution is -2.42. The number of aromatic hydroxyl groups is 1. The summed E-state index contributed by atoms with van der Waals surface area (Å²) in [6.07, 6.45) is 0.182. The van der Waals surface area contributed by atoms with Crippen LogP contribution in [0.5, 0.6) is 5.75 Å². The van der Waals surface area contributed by atoms with Crippen molar-refractivity contribution in [3.05, 3.63) is 29.6 Å². The molecule has 0 aliphatic carbocycles. The van der Waals surface area contributed by atoms with Crippen molar-refractivity contribution in [2.24, 2.45) is 0 Å². The first kappa shape index (κ1) is 12.3. The van der Waals surface area contributed by atoms with E-state index in [1.54, 1.807) is 0 Å². The van der Waals surface area contributed by atoms with Crippen LogP contribution in [0.15, 0.2) is 18.2 Å². The molecule has 17 heavy (non-hydrogen) atoms. The molecule has 0 spiro atoms. The van der Waals surface area contributed by atoms with E-state index in [2.05, 4.69) is 4.90 Å². The Kier molecular flexibility index (Phi) is 3.64. The Morgan fingerprint density at radius 2 is 2.29 bits per heavy atom. The van der Waals surface area contributed by atoms with E-state index in [1.165, 1.54) is 18.2 Å². The average Bonchev–Trinajstić information content (AvgIpc) is 2.31. The molecule has 2 atom stereocenters. The molecular formula is C13H18FNO2. The normalized spacial score (nSPS) is 23.6. The molecule has 0 amide bonds. The quantitative estimate of drug-likeness (QED) is 0.859. The first-order valence-corrected chi connectivity index (χ1v) is 5.92. The number of rotatable bonds is 2. The predicted molar refractivity (Wildman–Crippen MR) is 63.5 cm³/mol. The van der Waals surface area contributed by atoms with Crippen molar-refractivity contribution >= 4 is 0 Å². The number of hydrogen-bond donors (Lipinski definition) is 1. The first-order valence-electron chi connectivity index (χ1n) is 5.92. The van der Waals surface area contributed by atoms with Crippen LogP contribution in [0, 0.1) is 5.82 Å². The van der Waals surface area contributed by atoms with Gasteiger partial charge in [-0.25, -0.2) is 4.39 Å². The fourth-order valence-electron chi connectivity index (χ4n) is 2.25. The molecule has 94 valence electrons. The van der Waals surface area contributed by atoms with Crippen LogP contribution in [-0.2, 0) is 4.74 Å². The van der Waals surface area contributed by atoms with Crippen LogP contribution in [0.4, 0.5) is 4.39 Å². The smallest absolute Gasteiger partial charge is 0.123 e. The lowest BCUT2D eigenvalue weighted by molar-refractivity contribution is -0.0322. The lowest BCUT2D eigenvalue weighted by atomic mass is 10.0. The lowest BCUT2D eigenvalue weighted by Gasteiger charge is -2.35. The third-order valence-corrected chi connectivity index (χ3v) is 3.26.